The zero-order chi connectivity index (χ0) is 17.6. The van der Waals surface area contributed by atoms with E-state index < -0.39 is 5.97 Å². The van der Waals surface area contributed by atoms with Crippen LogP contribution in [0.15, 0.2) is 60.9 Å². The van der Waals surface area contributed by atoms with Crippen LogP contribution < -0.4 is 5.32 Å². The Hall–Kier alpha value is -3.48. The van der Waals surface area contributed by atoms with E-state index in [0.717, 1.165) is 5.69 Å². The Labute approximate surface area is 144 Å². The van der Waals surface area contributed by atoms with Crippen LogP contribution in [0.5, 0.6) is 0 Å². The molecule has 0 bridgehead atoms. The minimum absolute atomic E-state index is 0.0408. The molecule has 1 aromatic heterocycles. The molecule has 0 aliphatic carbocycles. The summed E-state index contributed by atoms with van der Waals surface area (Å²) in [6, 6.07) is 14.2. The molecule has 1 N–H and O–H groups in total. The van der Waals surface area contributed by atoms with Gasteiger partial charge in [-0.1, -0.05) is 29.5 Å². The molecule has 1 amide bonds. The maximum Gasteiger partial charge on any atom is 0.310 e. The summed E-state index contributed by atoms with van der Waals surface area (Å²) in [5, 5.41) is 10.5. The first-order valence-corrected chi connectivity index (χ1v) is 7.60. The standard InChI is InChI=1S/C18H16N4O3/c1-25-17(23)11-13-5-2-3-8-16(13)18(24)20-14-6-4-7-15(12-14)22-10-9-19-21-22/h2-10,12H,11H2,1H3,(H,20,24). The number of aromatic nitrogens is 3. The minimum Gasteiger partial charge on any atom is -0.469 e. The molecule has 0 saturated carbocycles. The number of carbonyl (C=O) groups excluding carboxylic acids is 2. The molecule has 126 valence electrons. The quantitative estimate of drug-likeness (QED) is 0.722. The first-order chi connectivity index (χ1) is 12.2. The molecule has 0 spiro atoms. The normalized spacial score (nSPS) is 10.3. The summed E-state index contributed by atoms with van der Waals surface area (Å²) in [4.78, 5) is 24.1. The molecule has 2 aromatic carbocycles. The van der Waals surface area contributed by atoms with Gasteiger partial charge in [-0.15, -0.1) is 5.10 Å². The van der Waals surface area contributed by atoms with Gasteiger partial charge >= 0.3 is 5.97 Å². The number of rotatable bonds is 5. The maximum absolute atomic E-state index is 12.6. The van der Waals surface area contributed by atoms with Gasteiger partial charge in [-0.05, 0) is 29.8 Å². The largest absolute Gasteiger partial charge is 0.469 e. The highest BCUT2D eigenvalue weighted by atomic mass is 16.5. The van der Waals surface area contributed by atoms with Crippen LogP contribution in [0.25, 0.3) is 5.69 Å². The van der Waals surface area contributed by atoms with Gasteiger partial charge in [0.15, 0.2) is 0 Å². The SMILES string of the molecule is COC(=O)Cc1ccccc1C(=O)Nc1cccc(-n2ccnn2)c1. The van der Waals surface area contributed by atoms with Crippen molar-refractivity contribution in [3.63, 3.8) is 0 Å². The van der Waals surface area contributed by atoms with Crippen molar-refractivity contribution in [2.75, 3.05) is 12.4 Å². The van der Waals surface area contributed by atoms with E-state index >= 15 is 0 Å². The molecule has 0 aliphatic heterocycles. The molecule has 3 rings (SSSR count). The molecule has 3 aromatic rings. The fourth-order valence-corrected chi connectivity index (χ4v) is 2.39. The van der Waals surface area contributed by atoms with Crippen molar-refractivity contribution in [3.8, 4) is 5.69 Å². The third-order valence-electron chi connectivity index (χ3n) is 3.62. The highest BCUT2D eigenvalue weighted by Gasteiger charge is 2.14. The van der Waals surface area contributed by atoms with Gasteiger partial charge in [-0.2, -0.15) is 0 Å². The zero-order valence-corrected chi connectivity index (χ0v) is 13.5. The summed E-state index contributed by atoms with van der Waals surface area (Å²) in [6.07, 6.45) is 3.33. The number of nitrogens with zero attached hydrogens (tertiary/aromatic N) is 3. The van der Waals surface area contributed by atoms with Crippen LogP contribution in [0.1, 0.15) is 15.9 Å². The Kier molecular flexibility index (Phi) is 4.84. The van der Waals surface area contributed by atoms with E-state index in [2.05, 4.69) is 20.4 Å². The Bertz CT molecular complexity index is 891. The van der Waals surface area contributed by atoms with E-state index in [9.17, 15) is 9.59 Å². The van der Waals surface area contributed by atoms with E-state index in [1.54, 1.807) is 53.5 Å². The lowest BCUT2D eigenvalue weighted by Gasteiger charge is -2.10. The molecule has 7 nitrogen and oxygen atoms in total. The molecular weight excluding hydrogens is 320 g/mol. The van der Waals surface area contributed by atoms with Gasteiger partial charge in [0.25, 0.3) is 5.91 Å². The second-order valence-corrected chi connectivity index (χ2v) is 5.26. The average molecular weight is 336 g/mol. The summed E-state index contributed by atoms with van der Waals surface area (Å²) in [5.41, 5.74) is 2.43. The molecule has 0 fully saturated rings. The van der Waals surface area contributed by atoms with Crippen LogP contribution in [0.4, 0.5) is 5.69 Å². The summed E-state index contributed by atoms with van der Waals surface area (Å²) >= 11 is 0. The molecule has 1 heterocycles. The summed E-state index contributed by atoms with van der Waals surface area (Å²) in [7, 11) is 1.32. The molecule has 7 heteroatoms. The number of nitrogens with one attached hydrogen (secondary N) is 1. The lowest BCUT2D eigenvalue weighted by molar-refractivity contribution is -0.139. The number of benzene rings is 2. The Morgan fingerprint density at radius 3 is 2.76 bits per heavy atom. The van der Waals surface area contributed by atoms with Crippen LogP contribution >= 0.6 is 0 Å². The fraction of sp³-hybridized carbons (Fsp3) is 0.111. The predicted molar refractivity (Wildman–Crippen MR) is 91.5 cm³/mol. The molecule has 0 aliphatic rings. The Morgan fingerprint density at radius 1 is 1.16 bits per heavy atom. The van der Waals surface area contributed by atoms with E-state index in [0.29, 0.717) is 16.8 Å². The van der Waals surface area contributed by atoms with Crippen molar-refractivity contribution < 1.29 is 14.3 Å². The first kappa shape index (κ1) is 16.4. The average Bonchev–Trinajstić information content (AvgIpc) is 3.17. The van der Waals surface area contributed by atoms with Gasteiger partial charge < -0.3 is 10.1 Å². The smallest absolute Gasteiger partial charge is 0.310 e. The summed E-state index contributed by atoms with van der Waals surface area (Å²) in [5.74, 6) is -0.691. The number of esters is 1. The fourth-order valence-electron chi connectivity index (χ4n) is 2.39. The maximum atomic E-state index is 12.6. The van der Waals surface area contributed by atoms with E-state index in [-0.39, 0.29) is 12.3 Å². The van der Waals surface area contributed by atoms with Crippen LogP contribution in [0, 0.1) is 0 Å². The Morgan fingerprint density at radius 2 is 2.00 bits per heavy atom. The van der Waals surface area contributed by atoms with Crippen LogP contribution in [-0.2, 0) is 16.0 Å². The van der Waals surface area contributed by atoms with Crippen LogP contribution in [0.3, 0.4) is 0 Å². The predicted octanol–water partition coefficient (Wildman–Crippen LogP) is 2.24. The van der Waals surface area contributed by atoms with Crippen molar-refractivity contribution in [3.05, 3.63) is 72.1 Å². The van der Waals surface area contributed by atoms with Crippen LogP contribution in [0.2, 0.25) is 0 Å². The summed E-state index contributed by atoms with van der Waals surface area (Å²) in [6.45, 7) is 0. The van der Waals surface area contributed by atoms with Crippen molar-refractivity contribution in [2.45, 2.75) is 6.42 Å². The Balaban J connectivity index is 1.81. The zero-order valence-electron chi connectivity index (χ0n) is 13.5. The van der Waals surface area contributed by atoms with Gasteiger partial charge in [0.2, 0.25) is 0 Å². The summed E-state index contributed by atoms with van der Waals surface area (Å²) < 4.78 is 6.28. The molecular formula is C18H16N4O3. The third kappa shape index (κ3) is 3.89. The van der Waals surface area contributed by atoms with Crippen molar-refractivity contribution in [1.29, 1.82) is 0 Å². The molecule has 0 radical (unpaired) electrons. The number of carbonyl (C=O) groups is 2. The van der Waals surface area contributed by atoms with E-state index in [1.165, 1.54) is 7.11 Å². The minimum atomic E-state index is -0.395. The van der Waals surface area contributed by atoms with Gasteiger partial charge in [-0.25, -0.2) is 4.68 Å². The first-order valence-electron chi connectivity index (χ1n) is 7.60. The highest BCUT2D eigenvalue weighted by Crippen LogP contribution is 2.17. The highest BCUT2D eigenvalue weighted by molar-refractivity contribution is 6.05. The van der Waals surface area contributed by atoms with Gasteiger partial charge in [0.05, 0.1) is 31.6 Å². The lowest BCUT2D eigenvalue weighted by Crippen LogP contribution is -2.16. The van der Waals surface area contributed by atoms with Gasteiger partial charge in [-0.3, -0.25) is 9.59 Å². The van der Waals surface area contributed by atoms with E-state index in [1.807, 2.05) is 12.1 Å². The molecule has 0 atom stereocenters. The molecule has 0 saturated heterocycles. The number of amides is 1. The van der Waals surface area contributed by atoms with Gasteiger partial charge in [0, 0.05) is 11.3 Å². The van der Waals surface area contributed by atoms with Gasteiger partial charge in [0.1, 0.15) is 0 Å². The number of hydrogen-bond donors (Lipinski definition) is 1. The number of anilines is 1. The van der Waals surface area contributed by atoms with Crippen molar-refractivity contribution in [2.24, 2.45) is 0 Å². The topological polar surface area (TPSA) is 86.1 Å². The monoisotopic (exact) mass is 336 g/mol. The second-order valence-electron chi connectivity index (χ2n) is 5.26. The third-order valence-corrected chi connectivity index (χ3v) is 3.62. The number of hydrogen-bond acceptors (Lipinski definition) is 5. The lowest BCUT2D eigenvalue weighted by atomic mass is 10.0. The van der Waals surface area contributed by atoms with Crippen molar-refractivity contribution >= 4 is 17.6 Å². The van der Waals surface area contributed by atoms with Crippen molar-refractivity contribution in [1.82, 2.24) is 15.0 Å². The number of methoxy groups -OCH3 is 1. The second kappa shape index (κ2) is 7.39. The molecule has 25 heavy (non-hydrogen) atoms. The van der Waals surface area contributed by atoms with Crippen LogP contribution in [-0.4, -0.2) is 34.0 Å². The number of ether oxygens (including phenoxy) is 1. The van der Waals surface area contributed by atoms with E-state index in [4.69, 9.17) is 0 Å². The molecule has 0 unspecified atom stereocenters.